The molecule has 2 unspecified atom stereocenters. The van der Waals surface area contributed by atoms with E-state index in [1.165, 1.54) is 0 Å². The van der Waals surface area contributed by atoms with Gasteiger partial charge in [0.15, 0.2) is 9.84 Å². The van der Waals surface area contributed by atoms with Gasteiger partial charge in [-0.15, -0.1) is 0 Å². The summed E-state index contributed by atoms with van der Waals surface area (Å²) in [6, 6.07) is 0. The van der Waals surface area contributed by atoms with Gasteiger partial charge in [0, 0.05) is 24.9 Å². The van der Waals surface area contributed by atoms with E-state index in [-0.39, 0.29) is 11.0 Å². The van der Waals surface area contributed by atoms with E-state index in [1.807, 2.05) is 4.57 Å². The average molecular weight is 312 g/mol. The molecule has 1 fully saturated rings. The highest BCUT2D eigenvalue weighted by Crippen LogP contribution is 2.26. The van der Waals surface area contributed by atoms with Crippen LogP contribution < -0.4 is 0 Å². The maximum absolute atomic E-state index is 12.1. The number of sulfone groups is 1. The number of carboxylic acid groups (broad SMARTS) is 1. The molecule has 0 amide bonds. The second-order valence-electron chi connectivity index (χ2n) is 6.04. The minimum atomic E-state index is -3.03. The topological polar surface area (TPSA) is 89.3 Å². The quantitative estimate of drug-likeness (QED) is 0.900. The molecule has 2 aliphatic heterocycles. The van der Waals surface area contributed by atoms with Gasteiger partial charge in [-0.05, 0) is 25.7 Å². The van der Waals surface area contributed by atoms with Gasteiger partial charge in [-0.25, -0.2) is 13.4 Å². The molecule has 21 heavy (non-hydrogen) atoms. The predicted molar refractivity (Wildman–Crippen MR) is 76.8 cm³/mol. The van der Waals surface area contributed by atoms with Gasteiger partial charge in [-0.2, -0.15) is 0 Å². The van der Waals surface area contributed by atoms with Crippen LogP contribution >= 0.6 is 0 Å². The Morgan fingerprint density at radius 1 is 1.38 bits per heavy atom. The van der Waals surface area contributed by atoms with Crippen LogP contribution in [0.5, 0.6) is 0 Å². The smallest absolute Gasteiger partial charge is 0.308 e. The summed E-state index contributed by atoms with van der Waals surface area (Å²) in [4.78, 5) is 15.5. The summed E-state index contributed by atoms with van der Waals surface area (Å²) in [6.45, 7) is 0.409. The molecule has 2 atom stereocenters. The van der Waals surface area contributed by atoms with Crippen molar-refractivity contribution in [2.45, 2.75) is 50.3 Å². The third kappa shape index (κ3) is 2.84. The third-order valence-electron chi connectivity index (χ3n) is 4.65. The highest BCUT2D eigenvalue weighted by Gasteiger charge is 2.32. The molecule has 3 heterocycles. The van der Waals surface area contributed by atoms with Crippen molar-refractivity contribution in [2.24, 2.45) is 5.92 Å². The van der Waals surface area contributed by atoms with E-state index < -0.39 is 21.7 Å². The summed E-state index contributed by atoms with van der Waals surface area (Å²) in [5.41, 5.74) is 1.02. The lowest BCUT2D eigenvalue weighted by atomic mass is 9.98. The van der Waals surface area contributed by atoms with Crippen molar-refractivity contribution in [2.75, 3.05) is 5.75 Å². The SMILES string of the molecule is O=C(O)C1CCc2cnc(CC3CCCCS3(=O)=O)n2C1. The van der Waals surface area contributed by atoms with Gasteiger partial charge in [0.05, 0.1) is 16.9 Å². The van der Waals surface area contributed by atoms with Crippen LogP contribution in [0.15, 0.2) is 6.20 Å². The van der Waals surface area contributed by atoms with Crippen LogP contribution in [-0.2, 0) is 34.0 Å². The molecule has 1 aromatic rings. The molecule has 0 radical (unpaired) electrons. The van der Waals surface area contributed by atoms with Gasteiger partial charge < -0.3 is 9.67 Å². The van der Waals surface area contributed by atoms with Gasteiger partial charge in [0.25, 0.3) is 0 Å². The maximum atomic E-state index is 12.1. The van der Waals surface area contributed by atoms with Gasteiger partial charge in [0.2, 0.25) is 0 Å². The Labute approximate surface area is 124 Å². The van der Waals surface area contributed by atoms with Crippen LogP contribution in [0.3, 0.4) is 0 Å². The number of aryl methyl sites for hydroxylation is 1. The molecular formula is C14H20N2O4S. The fourth-order valence-corrected chi connectivity index (χ4v) is 5.20. The molecule has 0 aliphatic carbocycles. The molecule has 0 saturated carbocycles. The predicted octanol–water partition coefficient (Wildman–Crippen LogP) is 1.04. The van der Waals surface area contributed by atoms with Crippen LogP contribution in [0.2, 0.25) is 0 Å². The first kappa shape index (κ1) is 14.6. The number of imidazole rings is 1. The monoisotopic (exact) mass is 312 g/mol. The summed E-state index contributed by atoms with van der Waals surface area (Å²) in [5, 5.41) is 8.81. The molecular weight excluding hydrogens is 292 g/mol. The van der Waals surface area contributed by atoms with Gasteiger partial charge in [-0.3, -0.25) is 4.79 Å². The molecule has 2 aliphatic rings. The maximum Gasteiger partial charge on any atom is 0.308 e. The molecule has 7 heteroatoms. The van der Waals surface area contributed by atoms with E-state index in [9.17, 15) is 13.2 Å². The van der Waals surface area contributed by atoms with Crippen LogP contribution in [0.25, 0.3) is 0 Å². The molecule has 0 aromatic carbocycles. The molecule has 0 spiro atoms. The number of carbonyl (C=O) groups is 1. The highest BCUT2D eigenvalue weighted by molar-refractivity contribution is 7.92. The van der Waals surface area contributed by atoms with Crippen LogP contribution in [0.4, 0.5) is 0 Å². The fourth-order valence-electron chi connectivity index (χ4n) is 3.33. The van der Waals surface area contributed by atoms with E-state index in [4.69, 9.17) is 5.11 Å². The standard InChI is InChI=1S/C14H20N2O4S/c17-14(18)10-4-5-11-8-15-13(16(11)9-10)7-12-3-1-2-6-21(12,19)20/h8,10,12H,1-7,9H2,(H,17,18). The second-order valence-corrected chi connectivity index (χ2v) is 8.44. The Morgan fingerprint density at radius 2 is 2.19 bits per heavy atom. The van der Waals surface area contributed by atoms with Gasteiger partial charge in [-0.1, -0.05) is 6.42 Å². The van der Waals surface area contributed by atoms with Gasteiger partial charge in [0.1, 0.15) is 5.82 Å². The number of aliphatic carboxylic acids is 1. The average Bonchev–Trinajstić information content (AvgIpc) is 2.83. The third-order valence-corrected chi connectivity index (χ3v) is 6.92. The number of fused-ring (bicyclic) bond motifs is 1. The zero-order valence-corrected chi connectivity index (χ0v) is 12.7. The number of hydrogen-bond donors (Lipinski definition) is 1. The van der Waals surface area contributed by atoms with Crippen molar-refractivity contribution in [3.63, 3.8) is 0 Å². The van der Waals surface area contributed by atoms with Crippen LogP contribution in [0.1, 0.15) is 37.2 Å². The van der Waals surface area contributed by atoms with E-state index in [0.717, 1.165) is 24.4 Å². The molecule has 116 valence electrons. The summed E-state index contributed by atoms with van der Waals surface area (Å²) >= 11 is 0. The normalized spacial score (nSPS) is 28.0. The zero-order chi connectivity index (χ0) is 15.0. The number of hydrogen-bond acceptors (Lipinski definition) is 4. The summed E-state index contributed by atoms with van der Waals surface area (Å²) in [5.74, 6) is -0.186. The van der Waals surface area contributed by atoms with Crippen molar-refractivity contribution in [3.05, 3.63) is 17.7 Å². The summed E-state index contributed by atoms with van der Waals surface area (Å²) < 4.78 is 26.2. The number of carboxylic acids is 1. The highest BCUT2D eigenvalue weighted by atomic mass is 32.2. The van der Waals surface area contributed by atoms with E-state index >= 15 is 0 Å². The number of nitrogens with zero attached hydrogens (tertiary/aromatic N) is 2. The first-order valence-electron chi connectivity index (χ1n) is 7.45. The Bertz CT molecular complexity index is 650. The lowest BCUT2D eigenvalue weighted by Gasteiger charge is -2.25. The molecule has 1 N–H and O–H groups in total. The Hall–Kier alpha value is -1.37. The molecule has 0 bridgehead atoms. The summed E-state index contributed by atoms with van der Waals surface area (Å²) in [6.07, 6.45) is 5.88. The molecule has 1 aromatic heterocycles. The van der Waals surface area contributed by atoms with Crippen molar-refractivity contribution >= 4 is 15.8 Å². The minimum Gasteiger partial charge on any atom is -0.481 e. The largest absolute Gasteiger partial charge is 0.481 e. The van der Waals surface area contributed by atoms with E-state index in [2.05, 4.69) is 4.98 Å². The molecule has 3 rings (SSSR count). The number of aromatic nitrogens is 2. The first-order chi connectivity index (χ1) is 9.97. The van der Waals surface area contributed by atoms with E-state index in [1.54, 1.807) is 6.20 Å². The first-order valence-corrected chi connectivity index (χ1v) is 9.16. The Kier molecular flexibility index (Phi) is 3.77. The molecule has 1 saturated heterocycles. The van der Waals surface area contributed by atoms with Crippen LogP contribution in [0, 0.1) is 5.92 Å². The number of rotatable bonds is 3. The molecule has 6 nitrogen and oxygen atoms in total. The van der Waals surface area contributed by atoms with Gasteiger partial charge >= 0.3 is 5.97 Å². The van der Waals surface area contributed by atoms with E-state index in [0.29, 0.717) is 32.2 Å². The van der Waals surface area contributed by atoms with Crippen molar-refractivity contribution in [1.82, 2.24) is 9.55 Å². The second kappa shape index (κ2) is 5.44. The zero-order valence-electron chi connectivity index (χ0n) is 11.9. The summed E-state index contributed by atoms with van der Waals surface area (Å²) in [7, 11) is -3.03. The minimum absolute atomic E-state index is 0.267. The van der Waals surface area contributed by atoms with Crippen LogP contribution in [-0.4, -0.2) is 40.0 Å². The Morgan fingerprint density at radius 3 is 2.90 bits per heavy atom. The fraction of sp³-hybridized carbons (Fsp3) is 0.714. The lowest BCUT2D eigenvalue weighted by molar-refractivity contribution is -0.142. The van der Waals surface area contributed by atoms with Crippen molar-refractivity contribution in [1.29, 1.82) is 0 Å². The van der Waals surface area contributed by atoms with Crippen molar-refractivity contribution in [3.8, 4) is 0 Å². The van der Waals surface area contributed by atoms with Crippen molar-refractivity contribution < 1.29 is 18.3 Å². The Balaban J connectivity index is 1.81. The lowest BCUT2D eigenvalue weighted by Crippen LogP contribution is -2.33.